The van der Waals surface area contributed by atoms with Crippen LogP contribution in [0.2, 0.25) is 0 Å². The minimum Gasteiger partial charge on any atom is -0.355 e. The highest BCUT2D eigenvalue weighted by Crippen LogP contribution is 2.17. The van der Waals surface area contributed by atoms with Crippen LogP contribution in [0.5, 0.6) is 0 Å². The van der Waals surface area contributed by atoms with Crippen molar-refractivity contribution in [1.82, 2.24) is 10.3 Å². The third kappa shape index (κ3) is 4.66. The van der Waals surface area contributed by atoms with Gasteiger partial charge >= 0.3 is 0 Å². The quantitative estimate of drug-likeness (QED) is 0.787. The van der Waals surface area contributed by atoms with Gasteiger partial charge < -0.3 is 10.2 Å². The fraction of sp³-hybridized carbons (Fsp3) is 0.643. The van der Waals surface area contributed by atoms with Crippen LogP contribution in [0.4, 0.5) is 5.82 Å². The van der Waals surface area contributed by atoms with E-state index < -0.39 is 10.0 Å². The number of rotatable bonds is 7. The number of nitrogens with one attached hydrogen (secondary N) is 1. The van der Waals surface area contributed by atoms with Crippen LogP contribution in [0.3, 0.4) is 0 Å². The molecule has 0 spiro atoms. The summed E-state index contributed by atoms with van der Waals surface area (Å²) in [4.78, 5) is 6.56. The third-order valence-corrected chi connectivity index (χ3v) is 4.66. The van der Waals surface area contributed by atoms with E-state index in [0.717, 1.165) is 38.3 Å². The number of nitrogens with zero attached hydrogens (tertiary/aromatic N) is 2. The predicted molar refractivity (Wildman–Crippen MR) is 83.8 cm³/mol. The van der Waals surface area contributed by atoms with Crippen LogP contribution in [0, 0.1) is 0 Å². The SMILES string of the molecule is CCCCN(CC1CCCN1)c1ccc(S(N)(=O)=O)cn1. The van der Waals surface area contributed by atoms with Crippen molar-refractivity contribution in [3.05, 3.63) is 18.3 Å². The minimum atomic E-state index is -3.68. The van der Waals surface area contributed by atoms with Crippen molar-refractivity contribution < 1.29 is 8.42 Å². The molecule has 7 heteroatoms. The molecule has 1 atom stereocenters. The van der Waals surface area contributed by atoms with E-state index in [4.69, 9.17) is 5.14 Å². The Morgan fingerprint density at radius 3 is 2.81 bits per heavy atom. The molecule has 0 amide bonds. The Kier molecular flexibility index (Phi) is 5.55. The van der Waals surface area contributed by atoms with E-state index in [1.54, 1.807) is 6.07 Å². The maximum atomic E-state index is 11.3. The molecule has 1 aliphatic rings. The van der Waals surface area contributed by atoms with Gasteiger partial charge in [0.05, 0.1) is 0 Å². The summed E-state index contributed by atoms with van der Waals surface area (Å²) in [6.07, 6.45) is 5.93. The number of nitrogens with two attached hydrogens (primary N) is 1. The molecule has 1 fully saturated rings. The average molecular weight is 312 g/mol. The van der Waals surface area contributed by atoms with Crippen molar-refractivity contribution in [3.8, 4) is 0 Å². The molecule has 1 aliphatic heterocycles. The van der Waals surface area contributed by atoms with E-state index in [9.17, 15) is 8.42 Å². The Bertz CT molecular complexity index is 539. The van der Waals surface area contributed by atoms with Gasteiger partial charge in [-0.25, -0.2) is 18.5 Å². The molecule has 0 aliphatic carbocycles. The molecule has 1 saturated heterocycles. The van der Waals surface area contributed by atoms with E-state index >= 15 is 0 Å². The molecule has 0 bridgehead atoms. The molecule has 2 heterocycles. The summed E-state index contributed by atoms with van der Waals surface area (Å²) in [6, 6.07) is 3.75. The zero-order chi connectivity index (χ0) is 15.3. The lowest BCUT2D eigenvalue weighted by molar-refractivity contribution is 0.568. The van der Waals surface area contributed by atoms with Gasteiger partial charge in [-0.05, 0) is 37.9 Å². The molecule has 1 aromatic rings. The number of aromatic nitrogens is 1. The first kappa shape index (κ1) is 16.2. The summed E-state index contributed by atoms with van der Waals surface area (Å²) < 4.78 is 22.6. The van der Waals surface area contributed by atoms with Crippen molar-refractivity contribution in [2.24, 2.45) is 5.14 Å². The molecule has 3 N–H and O–H groups in total. The first-order valence-corrected chi connectivity index (χ1v) is 9.02. The number of unbranched alkanes of at least 4 members (excludes halogenated alkanes) is 1. The summed E-state index contributed by atoms with van der Waals surface area (Å²) in [5, 5.41) is 8.59. The van der Waals surface area contributed by atoms with Gasteiger partial charge in [-0.1, -0.05) is 13.3 Å². The largest absolute Gasteiger partial charge is 0.355 e. The zero-order valence-corrected chi connectivity index (χ0v) is 13.3. The Morgan fingerprint density at radius 1 is 1.48 bits per heavy atom. The zero-order valence-electron chi connectivity index (χ0n) is 12.5. The van der Waals surface area contributed by atoms with Crippen LogP contribution < -0.4 is 15.4 Å². The third-order valence-electron chi connectivity index (χ3n) is 3.76. The van der Waals surface area contributed by atoms with Gasteiger partial charge in [0.15, 0.2) is 0 Å². The molecule has 0 radical (unpaired) electrons. The molecule has 1 unspecified atom stereocenters. The van der Waals surface area contributed by atoms with Crippen LogP contribution in [0.15, 0.2) is 23.2 Å². The second-order valence-electron chi connectivity index (χ2n) is 5.49. The van der Waals surface area contributed by atoms with E-state index in [2.05, 4.69) is 22.1 Å². The molecular formula is C14H24N4O2S. The van der Waals surface area contributed by atoms with Crippen LogP contribution in [-0.4, -0.2) is 39.1 Å². The molecule has 118 valence electrons. The monoisotopic (exact) mass is 312 g/mol. The highest BCUT2D eigenvalue weighted by molar-refractivity contribution is 7.89. The van der Waals surface area contributed by atoms with Gasteiger partial charge in [-0.3, -0.25) is 0 Å². The van der Waals surface area contributed by atoms with Crippen molar-refractivity contribution in [1.29, 1.82) is 0 Å². The van der Waals surface area contributed by atoms with Crippen LogP contribution in [0.25, 0.3) is 0 Å². The summed E-state index contributed by atoms with van der Waals surface area (Å²) in [5.74, 6) is 0.810. The fourth-order valence-corrected chi connectivity index (χ4v) is 3.01. The van der Waals surface area contributed by atoms with E-state index in [0.29, 0.717) is 6.04 Å². The highest BCUT2D eigenvalue weighted by Gasteiger charge is 2.19. The predicted octanol–water partition coefficient (Wildman–Crippen LogP) is 1.09. The van der Waals surface area contributed by atoms with Gasteiger partial charge in [0.1, 0.15) is 10.7 Å². The van der Waals surface area contributed by atoms with Gasteiger partial charge in [0.2, 0.25) is 10.0 Å². The maximum absolute atomic E-state index is 11.3. The van der Waals surface area contributed by atoms with E-state index in [-0.39, 0.29) is 4.90 Å². The summed E-state index contributed by atoms with van der Waals surface area (Å²) in [5.41, 5.74) is 0. The van der Waals surface area contributed by atoms with Crippen molar-refractivity contribution >= 4 is 15.8 Å². The number of sulfonamides is 1. The first-order valence-electron chi connectivity index (χ1n) is 7.48. The summed E-state index contributed by atoms with van der Waals surface area (Å²) in [7, 11) is -3.68. The van der Waals surface area contributed by atoms with Crippen molar-refractivity contribution in [2.75, 3.05) is 24.5 Å². The Balaban J connectivity index is 2.11. The first-order chi connectivity index (χ1) is 10.0. The van der Waals surface area contributed by atoms with Crippen LogP contribution in [-0.2, 0) is 10.0 Å². The summed E-state index contributed by atoms with van der Waals surface area (Å²) in [6.45, 7) is 5.06. The minimum absolute atomic E-state index is 0.0562. The molecular weight excluding hydrogens is 288 g/mol. The molecule has 6 nitrogen and oxygen atoms in total. The fourth-order valence-electron chi connectivity index (χ4n) is 2.55. The smallest absolute Gasteiger partial charge is 0.239 e. The number of anilines is 1. The average Bonchev–Trinajstić information content (AvgIpc) is 2.95. The van der Waals surface area contributed by atoms with E-state index in [1.807, 2.05) is 0 Å². The Labute approximate surface area is 126 Å². The topological polar surface area (TPSA) is 88.3 Å². The second-order valence-corrected chi connectivity index (χ2v) is 7.05. The standard InChI is InChI=1S/C14H24N4O2S/c1-2-3-9-18(11-12-5-4-8-16-12)14-7-6-13(10-17-14)21(15,19)20/h6-7,10,12,16H,2-5,8-9,11H2,1H3,(H2,15,19,20). The normalized spacial score (nSPS) is 18.9. The molecule has 2 rings (SSSR count). The lowest BCUT2D eigenvalue weighted by Crippen LogP contribution is -2.38. The van der Waals surface area contributed by atoms with Gasteiger partial charge in [0.25, 0.3) is 0 Å². The van der Waals surface area contributed by atoms with Crippen molar-refractivity contribution in [2.45, 2.75) is 43.5 Å². The van der Waals surface area contributed by atoms with Crippen LogP contribution >= 0.6 is 0 Å². The van der Waals surface area contributed by atoms with Gasteiger partial charge in [0, 0.05) is 25.3 Å². The molecule has 0 aromatic carbocycles. The Hall–Kier alpha value is -1.18. The van der Waals surface area contributed by atoms with Gasteiger partial charge in [-0.2, -0.15) is 0 Å². The van der Waals surface area contributed by atoms with E-state index in [1.165, 1.54) is 25.1 Å². The number of hydrogen-bond donors (Lipinski definition) is 2. The van der Waals surface area contributed by atoms with Gasteiger partial charge in [-0.15, -0.1) is 0 Å². The number of hydrogen-bond acceptors (Lipinski definition) is 5. The molecule has 1 aromatic heterocycles. The summed E-state index contributed by atoms with van der Waals surface area (Å²) >= 11 is 0. The lowest BCUT2D eigenvalue weighted by atomic mass is 10.2. The molecule has 0 saturated carbocycles. The molecule has 21 heavy (non-hydrogen) atoms. The number of pyridine rings is 1. The lowest BCUT2D eigenvalue weighted by Gasteiger charge is -2.27. The Morgan fingerprint density at radius 2 is 2.29 bits per heavy atom. The van der Waals surface area contributed by atoms with Crippen LogP contribution in [0.1, 0.15) is 32.6 Å². The van der Waals surface area contributed by atoms with Crippen molar-refractivity contribution in [3.63, 3.8) is 0 Å². The highest BCUT2D eigenvalue weighted by atomic mass is 32.2. The number of primary sulfonamides is 1. The maximum Gasteiger partial charge on any atom is 0.239 e. The second kappa shape index (κ2) is 7.20.